The fourth-order valence-electron chi connectivity index (χ4n) is 2.82. The molecule has 3 rings (SSSR count). The van der Waals surface area contributed by atoms with Crippen LogP contribution in [0.1, 0.15) is 25.0 Å². The molecular formula is C16H14Cl2. The van der Waals surface area contributed by atoms with Crippen molar-refractivity contribution in [2.24, 2.45) is 0 Å². The molecule has 0 saturated carbocycles. The zero-order valence-corrected chi connectivity index (χ0v) is 11.9. The molecule has 1 aliphatic carbocycles. The van der Waals surface area contributed by atoms with Gasteiger partial charge in [0.25, 0.3) is 0 Å². The lowest BCUT2D eigenvalue weighted by Crippen LogP contribution is -2.37. The Kier molecular flexibility index (Phi) is 2.52. The number of hydrogen-bond acceptors (Lipinski definition) is 0. The van der Waals surface area contributed by atoms with Crippen LogP contribution in [-0.4, -0.2) is 4.87 Å². The first kappa shape index (κ1) is 12.1. The van der Waals surface area contributed by atoms with Gasteiger partial charge in [-0.15, -0.1) is 23.2 Å². The Morgan fingerprint density at radius 2 is 1.22 bits per heavy atom. The van der Waals surface area contributed by atoms with E-state index in [4.69, 9.17) is 23.2 Å². The van der Waals surface area contributed by atoms with Gasteiger partial charge < -0.3 is 0 Å². The van der Waals surface area contributed by atoms with Crippen molar-refractivity contribution >= 4 is 23.2 Å². The van der Waals surface area contributed by atoms with Crippen LogP contribution in [0.5, 0.6) is 0 Å². The fourth-order valence-corrected chi connectivity index (χ4v) is 3.36. The van der Waals surface area contributed by atoms with Gasteiger partial charge in [0.15, 0.2) is 0 Å². The lowest BCUT2D eigenvalue weighted by Gasteiger charge is -2.36. The van der Waals surface area contributed by atoms with Gasteiger partial charge in [0.2, 0.25) is 0 Å². The summed E-state index contributed by atoms with van der Waals surface area (Å²) in [6.07, 6.45) is 0. The van der Waals surface area contributed by atoms with Crippen LogP contribution < -0.4 is 0 Å². The second-order valence-corrected chi connectivity index (χ2v) is 6.73. The molecule has 0 spiro atoms. The minimum atomic E-state index is -0.665. The van der Waals surface area contributed by atoms with Crippen molar-refractivity contribution < 1.29 is 0 Å². The van der Waals surface area contributed by atoms with Crippen molar-refractivity contribution in [3.8, 4) is 11.1 Å². The predicted molar refractivity (Wildman–Crippen MR) is 78.4 cm³/mol. The number of alkyl halides is 2. The largest absolute Gasteiger partial charge is 0.117 e. The quantitative estimate of drug-likeness (QED) is 0.631. The van der Waals surface area contributed by atoms with E-state index in [1.165, 1.54) is 11.1 Å². The van der Waals surface area contributed by atoms with E-state index >= 15 is 0 Å². The first-order valence-electron chi connectivity index (χ1n) is 6.03. The monoisotopic (exact) mass is 276 g/mol. The summed E-state index contributed by atoms with van der Waals surface area (Å²) in [6.45, 7) is 3.95. The average molecular weight is 277 g/mol. The Labute approximate surface area is 118 Å². The Balaban J connectivity index is 2.41. The lowest BCUT2D eigenvalue weighted by molar-refractivity contribution is 0.556. The third-order valence-electron chi connectivity index (χ3n) is 3.71. The molecular weight excluding hydrogens is 263 g/mol. The summed E-state index contributed by atoms with van der Waals surface area (Å²) >= 11 is 13.6. The van der Waals surface area contributed by atoms with Crippen LogP contribution in [0, 0.1) is 0 Å². The van der Waals surface area contributed by atoms with Gasteiger partial charge in [-0.1, -0.05) is 48.5 Å². The van der Waals surface area contributed by atoms with Gasteiger partial charge in [-0.2, -0.15) is 0 Å². The molecule has 0 saturated heterocycles. The molecule has 2 aromatic carbocycles. The highest BCUT2D eigenvalue weighted by Gasteiger charge is 2.51. The van der Waals surface area contributed by atoms with Crippen LogP contribution in [0.25, 0.3) is 11.1 Å². The SMILES string of the molecule is CC(C)(Cl)C1(Cl)c2ccccc2-c2ccccc21. The number of rotatable bonds is 1. The van der Waals surface area contributed by atoms with Crippen molar-refractivity contribution in [3.05, 3.63) is 59.7 Å². The van der Waals surface area contributed by atoms with Gasteiger partial charge in [-0.25, -0.2) is 0 Å². The second-order valence-electron chi connectivity index (χ2n) is 5.22. The van der Waals surface area contributed by atoms with E-state index in [-0.39, 0.29) is 0 Å². The molecule has 2 heteroatoms. The molecule has 92 valence electrons. The second kappa shape index (κ2) is 3.76. The Morgan fingerprint density at radius 3 is 1.61 bits per heavy atom. The van der Waals surface area contributed by atoms with Gasteiger partial charge in [0, 0.05) is 0 Å². The predicted octanol–water partition coefficient (Wildman–Crippen LogP) is 5.17. The minimum Gasteiger partial charge on any atom is -0.117 e. The summed E-state index contributed by atoms with van der Waals surface area (Å²) in [6, 6.07) is 16.5. The summed E-state index contributed by atoms with van der Waals surface area (Å²) in [7, 11) is 0. The summed E-state index contributed by atoms with van der Waals surface area (Å²) in [5.41, 5.74) is 4.59. The van der Waals surface area contributed by atoms with Gasteiger partial charge in [0.05, 0.1) is 4.87 Å². The summed E-state index contributed by atoms with van der Waals surface area (Å²) in [5.74, 6) is 0. The molecule has 0 radical (unpaired) electrons. The number of halogens is 2. The number of hydrogen-bond donors (Lipinski definition) is 0. The Bertz CT molecular complexity index is 563. The van der Waals surface area contributed by atoms with Crippen LogP contribution in [0.15, 0.2) is 48.5 Å². The first-order chi connectivity index (χ1) is 8.46. The molecule has 0 unspecified atom stereocenters. The maximum Gasteiger partial charge on any atom is 0.114 e. The van der Waals surface area contributed by atoms with Gasteiger partial charge in [0.1, 0.15) is 4.87 Å². The highest BCUT2D eigenvalue weighted by atomic mass is 35.5. The van der Waals surface area contributed by atoms with Crippen molar-refractivity contribution in [3.63, 3.8) is 0 Å². The van der Waals surface area contributed by atoms with E-state index in [0.29, 0.717) is 0 Å². The van der Waals surface area contributed by atoms with Crippen molar-refractivity contribution in [1.29, 1.82) is 0 Å². The number of fused-ring (bicyclic) bond motifs is 3. The molecule has 0 bridgehead atoms. The smallest absolute Gasteiger partial charge is 0.114 e. The fraction of sp³-hybridized carbons (Fsp3) is 0.250. The highest BCUT2D eigenvalue weighted by molar-refractivity contribution is 6.37. The Hall–Kier alpha value is -0.980. The third-order valence-corrected chi connectivity index (χ3v) is 4.97. The molecule has 0 atom stereocenters. The molecule has 0 N–H and O–H groups in total. The molecule has 0 amide bonds. The average Bonchev–Trinajstić information content (AvgIpc) is 2.62. The molecule has 0 aliphatic heterocycles. The van der Waals surface area contributed by atoms with Gasteiger partial charge in [-0.3, -0.25) is 0 Å². The van der Waals surface area contributed by atoms with Gasteiger partial charge in [-0.05, 0) is 36.1 Å². The molecule has 18 heavy (non-hydrogen) atoms. The third kappa shape index (κ3) is 1.39. The van der Waals surface area contributed by atoms with Crippen LogP contribution in [0.3, 0.4) is 0 Å². The zero-order valence-electron chi connectivity index (χ0n) is 10.4. The molecule has 0 nitrogen and oxygen atoms in total. The van der Waals surface area contributed by atoms with Crippen LogP contribution >= 0.6 is 23.2 Å². The molecule has 0 heterocycles. The van der Waals surface area contributed by atoms with Gasteiger partial charge >= 0.3 is 0 Å². The molecule has 0 fully saturated rings. The topological polar surface area (TPSA) is 0 Å². The minimum absolute atomic E-state index is 0.558. The van der Waals surface area contributed by atoms with E-state index in [0.717, 1.165) is 11.1 Å². The summed E-state index contributed by atoms with van der Waals surface area (Å²) in [4.78, 5) is -1.22. The molecule has 1 aliphatic rings. The lowest BCUT2D eigenvalue weighted by atomic mass is 9.85. The summed E-state index contributed by atoms with van der Waals surface area (Å²) < 4.78 is 0. The van der Waals surface area contributed by atoms with Crippen LogP contribution in [0.2, 0.25) is 0 Å². The normalized spacial score (nSPS) is 16.2. The van der Waals surface area contributed by atoms with E-state index in [1.54, 1.807) is 0 Å². The maximum atomic E-state index is 6.98. The van der Waals surface area contributed by atoms with Crippen molar-refractivity contribution in [2.45, 2.75) is 23.6 Å². The van der Waals surface area contributed by atoms with Crippen LogP contribution in [0.4, 0.5) is 0 Å². The van der Waals surface area contributed by atoms with Crippen LogP contribution in [-0.2, 0) is 4.87 Å². The zero-order chi connectivity index (χ0) is 13.0. The molecule has 2 aromatic rings. The van der Waals surface area contributed by atoms with E-state index in [2.05, 4.69) is 24.3 Å². The number of benzene rings is 2. The molecule has 0 aromatic heterocycles. The highest BCUT2D eigenvalue weighted by Crippen LogP contribution is 2.58. The van der Waals surface area contributed by atoms with E-state index in [9.17, 15) is 0 Å². The summed E-state index contributed by atoms with van der Waals surface area (Å²) in [5, 5.41) is 0. The van der Waals surface area contributed by atoms with Crippen molar-refractivity contribution in [2.75, 3.05) is 0 Å². The maximum absolute atomic E-state index is 6.98. The first-order valence-corrected chi connectivity index (χ1v) is 6.79. The van der Waals surface area contributed by atoms with E-state index in [1.807, 2.05) is 38.1 Å². The standard InChI is InChI=1S/C16H14Cl2/c1-15(2,17)16(18)13-9-5-3-7-11(13)12-8-4-6-10-14(12)16/h3-10H,1-2H3. The Morgan fingerprint density at radius 1 is 0.833 bits per heavy atom. The van der Waals surface area contributed by atoms with E-state index < -0.39 is 9.75 Å². The van der Waals surface area contributed by atoms with Crippen molar-refractivity contribution in [1.82, 2.24) is 0 Å².